The number of hydrogen-bond acceptors (Lipinski definition) is 1. The van der Waals surface area contributed by atoms with Crippen molar-refractivity contribution in [3.8, 4) is 0 Å². The fourth-order valence-corrected chi connectivity index (χ4v) is 1.15. The fraction of sp³-hybridized carbons (Fsp3) is 0.182. The van der Waals surface area contributed by atoms with Crippen LogP contribution in [0.5, 0.6) is 0 Å². The predicted octanol–water partition coefficient (Wildman–Crippen LogP) is 3.44. The Morgan fingerprint density at radius 3 is 2.54 bits per heavy atom. The van der Waals surface area contributed by atoms with Crippen LogP contribution >= 0.6 is 15.9 Å². The SMILES string of the molecule is CCC(=O)C=Cc1ccc(Br)cc1. The van der Waals surface area contributed by atoms with Crippen molar-refractivity contribution in [2.45, 2.75) is 13.3 Å². The molecule has 0 saturated carbocycles. The Morgan fingerprint density at radius 1 is 1.38 bits per heavy atom. The Hall–Kier alpha value is -0.890. The van der Waals surface area contributed by atoms with Crippen LogP contribution in [0.3, 0.4) is 0 Å². The van der Waals surface area contributed by atoms with E-state index < -0.39 is 0 Å². The summed E-state index contributed by atoms with van der Waals surface area (Å²) in [4.78, 5) is 11.0. The largest absolute Gasteiger partial charge is 0.295 e. The molecule has 2 heteroatoms. The van der Waals surface area contributed by atoms with E-state index in [0.29, 0.717) is 6.42 Å². The highest BCUT2D eigenvalue weighted by atomic mass is 79.9. The normalized spacial score (nSPS) is 10.6. The average molecular weight is 239 g/mol. The van der Waals surface area contributed by atoms with Gasteiger partial charge in [-0.15, -0.1) is 0 Å². The van der Waals surface area contributed by atoms with E-state index in [1.54, 1.807) is 6.08 Å². The van der Waals surface area contributed by atoms with Gasteiger partial charge in [-0.3, -0.25) is 4.79 Å². The van der Waals surface area contributed by atoms with Gasteiger partial charge in [0.1, 0.15) is 0 Å². The minimum atomic E-state index is 0.155. The molecule has 0 radical (unpaired) electrons. The van der Waals surface area contributed by atoms with Gasteiger partial charge >= 0.3 is 0 Å². The topological polar surface area (TPSA) is 17.1 Å². The Bertz CT molecular complexity index is 311. The first-order valence-corrected chi connectivity index (χ1v) is 4.98. The van der Waals surface area contributed by atoms with Crippen LogP contribution in [0.15, 0.2) is 34.8 Å². The summed E-state index contributed by atoms with van der Waals surface area (Å²) >= 11 is 3.35. The summed E-state index contributed by atoms with van der Waals surface area (Å²) in [6.45, 7) is 1.86. The van der Waals surface area contributed by atoms with Crippen LogP contribution in [0.1, 0.15) is 18.9 Å². The zero-order valence-corrected chi connectivity index (χ0v) is 9.04. The molecule has 0 spiro atoms. The lowest BCUT2D eigenvalue weighted by molar-refractivity contribution is -0.114. The highest BCUT2D eigenvalue weighted by Crippen LogP contribution is 2.11. The van der Waals surface area contributed by atoms with E-state index in [9.17, 15) is 4.79 Å². The van der Waals surface area contributed by atoms with E-state index in [4.69, 9.17) is 0 Å². The molecule has 0 aliphatic rings. The fourth-order valence-electron chi connectivity index (χ4n) is 0.881. The molecule has 0 aliphatic carbocycles. The van der Waals surface area contributed by atoms with Gasteiger partial charge < -0.3 is 0 Å². The molecule has 68 valence electrons. The van der Waals surface area contributed by atoms with Gasteiger partial charge in [0.2, 0.25) is 0 Å². The van der Waals surface area contributed by atoms with Crippen molar-refractivity contribution in [1.29, 1.82) is 0 Å². The maximum atomic E-state index is 11.0. The number of ketones is 1. The Labute approximate surface area is 86.6 Å². The average Bonchev–Trinajstić information content (AvgIpc) is 2.16. The van der Waals surface area contributed by atoms with Gasteiger partial charge in [-0.25, -0.2) is 0 Å². The number of carbonyl (C=O) groups is 1. The number of hydrogen-bond donors (Lipinski definition) is 0. The molecule has 13 heavy (non-hydrogen) atoms. The Morgan fingerprint density at radius 2 is 2.00 bits per heavy atom. The predicted molar refractivity (Wildman–Crippen MR) is 58.5 cm³/mol. The number of allylic oxidation sites excluding steroid dienone is 1. The zero-order chi connectivity index (χ0) is 9.68. The third-order valence-electron chi connectivity index (χ3n) is 1.68. The van der Waals surface area contributed by atoms with Crippen molar-refractivity contribution in [3.05, 3.63) is 40.4 Å². The van der Waals surface area contributed by atoms with Crippen LogP contribution < -0.4 is 0 Å². The molecule has 1 aromatic carbocycles. The van der Waals surface area contributed by atoms with E-state index in [-0.39, 0.29) is 5.78 Å². The van der Waals surface area contributed by atoms with Crippen molar-refractivity contribution < 1.29 is 4.79 Å². The lowest BCUT2D eigenvalue weighted by Crippen LogP contribution is -1.86. The van der Waals surface area contributed by atoms with Crippen LogP contribution in [0.2, 0.25) is 0 Å². The van der Waals surface area contributed by atoms with Gasteiger partial charge in [-0.1, -0.05) is 41.1 Å². The molecule has 0 bridgehead atoms. The maximum absolute atomic E-state index is 11.0. The third kappa shape index (κ3) is 3.55. The van der Waals surface area contributed by atoms with E-state index in [0.717, 1.165) is 10.0 Å². The molecule has 0 fully saturated rings. The molecule has 0 aliphatic heterocycles. The second kappa shape index (κ2) is 4.97. The van der Waals surface area contributed by atoms with Crippen molar-refractivity contribution in [2.75, 3.05) is 0 Å². The molecule has 1 nitrogen and oxygen atoms in total. The van der Waals surface area contributed by atoms with E-state index >= 15 is 0 Å². The summed E-state index contributed by atoms with van der Waals surface area (Å²) in [6, 6.07) is 7.83. The van der Waals surface area contributed by atoms with Crippen LogP contribution in [0.4, 0.5) is 0 Å². The number of halogens is 1. The van der Waals surface area contributed by atoms with Crippen molar-refractivity contribution in [1.82, 2.24) is 0 Å². The lowest BCUT2D eigenvalue weighted by Gasteiger charge is -1.92. The lowest BCUT2D eigenvalue weighted by atomic mass is 10.2. The van der Waals surface area contributed by atoms with Gasteiger partial charge in [0.15, 0.2) is 5.78 Å². The zero-order valence-electron chi connectivity index (χ0n) is 7.46. The number of benzene rings is 1. The molecule has 0 amide bonds. The summed E-state index contributed by atoms with van der Waals surface area (Å²) in [7, 11) is 0. The minimum absolute atomic E-state index is 0.155. The third-order valence-corrected chi connectivity index (χ3v) is 2.21. The Balaban J connectivity index is 2.69. The quantitative estimate of drug-likeness (QED) is 0.738. The summed E-state index contributed by atoms with van der Waals surface area (Å²) in [5.74, 6) is 0.155. The molecular weight excluding hydrogens is 228 g/mol. The molecule has 0 heterocycles. The smallest absolute Gasteiger partial charge is 0.155 e. The second-order valence-corrected chi connectivity index (χ2v) is 3.62. The summed E-state index contributed by atoms with van der Waals surface area (Å²) in [6.07, 6.45) is 4.01. The van der Waals surface area contributed by atoms with Crippen LogP contribution in [-0.4, -0.2) is 5.78 Å². The first-order valence-electron chi connectivity index (χ1n) is 4.19. The van der Waals surface area contributed by atoms with Crippen LogP contribution in [0, 0.1) is 0 Å². The highest BCUT2D eigenvalue weighted by Gasteiger charge is 1.90. The number of carbonyl (C=O) groups excluding carboxylic acids is 1. The van der Waals surface area contributed by atoms with Gasteiger partial charge in [0.05, 0.1) is 0 Å². The monoisotopic (exact) mass is 238 g/mol. The first-order chi connectivity index (χ1) is 6.22. The summed E-state index contributed by atoms with van der Waals surface area (Å²) in [5.41, 5.74) is 1.05. The summed E-state index contributed by atoms with van der Waals surface area (Å²) < 4.78 is 1.05. The maximum Gasteiger partial charge on any atom is 0.155 e. The molecule has 0 aromatic heterocycles. The molecule has 0 unspecified atom stereocenters. The number of rotatable bonds is 3. The van der Waals surface area contributed by atoms with Gasteiger partial charge in [-0.05, 0) is 23.8 Å². The summed E-state index contributed by atoms with van der Waals surface area (Å²) in [5, 5.41) is 0. The van der Waals surface area contributed by atoms with Gasteiger partial charge in [0.25, 0.3) is 0 Å². The molecule has 0 N–H and O–H groups in total. The van der Waals surface area contributed by atoms with Crippen molar-refractivity contribution in [3.63, 3.8) is 0 Å². The Kier molecular flexibility index (Phi) is 3.90. The van der Waals surface area contributed by atoms with Crippen molar-refractivity contribution >= 4 is 27.8 Å². The van der Waals surface area contributed by atoms with E-state index in [1.807, 2.05) is 37.3 Å². The van der Waals surface area contributed by atoms with Crippen LogP contribution in [-0.2, 0) is 4.79 Å². The second-order valence-electron chi connectivity index (χ2n) is 2.70. The van der Waals surface area contributed by atoms with E-state index in [2.05, 4.69) is 15.9 Å². The molecule has 1 aromatic rings. The van der Waals surface area contributed by atoms with Gasteiger partial charge in [-0.2, -0.15) is 0 Å². The highest BCUT2D eigenvalue weighted by molar-refractivity contribution is 9.10. The minimum Gasteiger partial charge on any atom is -0.295 e. The molecule has 0 saturated heterocycles. The van der Waals surface area contributed by atoms with Crippen LogP contribution in [0.25, 0.3) is 6.08 Å². The first kappa shape index (κ1) is 10.2. The van der Waals surface area contributed by atoms with Crippen molar-refractivity contribution in [2.24, 2.45) is 0 Å². The molecular formula is C11H11BrO. The molecule has 0 atom stereocenters. The van der Waals surface area contributed by atoms with E-state index in [1.165, 1.54) is 0 Å². The molecule has 1 rings (SSSR count). The van der Waals surface area contributed by atoms with Gasteiger partial charge in [0, 0.05) is 10.9 Å². The standard InChI is InChI=1S/C11H11BrO/c1-2-11(13)8-5-9-3-6-10(12)7-4-9/h3-8H,2H2,1H3.